The van der Waals surface area contributed by atoms with E-state index in [-0.39, 0.29) is 5.95 Å². The number of nitrogens with one attached hydrogen (secondary N) is 1. The molecule has 152 valence electrons. The minimum absolute atomic E-state index is 0.140. The molecule has 0 aliphatic rings. The van der Waals surface area contributed by atoms with Crippen LogP contribution in [-0.2, 0) is 6.18 Å². The van der Waals surface area contributed by atoms with Gasteiger partial charge in [0.25, 0.3) is 5.91 Å². The molecule has 2 aromatic heterocycles. The van der Waals surface area contributed by atoms with Gasteiger partial charge in [0, 0.05) is 23.5 Å². The summed E-state index contributed by atoms with van der Waals surface area (Å²) >= 11 is 5.76. The number of para-hydroxylation sites is 1. The van der Waals surface area contributed by atoms with E-state index in [9.17, 15) is 18.0 Å². The van der Waals surface area contributed by atoms with Gasteiger partial charge >= 0.3 is 6.18 Å². The molecule has 30 heavy (non-hydrogen) atoms. The van der Waals surface area contributed by atoms with E-state index < -0.39 is 22.7 Å². The second-order valence-electron chi connectivity index (χ2n) is 6.35. The Morgan fingerprint density at radius 3 is 2.60 bits per heavy atom. The third-order valence-electron chi connectivity index (χ3n) is 4.40. The molecular formula is C20H13ClF3N5O. The number of hydrogen-bond donors (Lipinski definition) is 2. The van der Waals surface area contributed by atoms with Crippen molar-refractivity contribution < 1.29 is 18.0 Å². The van der Waals surface area contributed by atoms with Crippen LogP contribution in [0.1, 0.15) is 15.9 Å². The zero-order valence-corrected chi connectivity index (χ0v) is 15.9. The Bertz CT molecular complexity index is 1270. The van der Waals surface area contributed by atoms with Crippen LogP contribution in [0.25, 0.3) is 16.7 Å². The highest BCUT2D eigenvalue weighted by Crippen LogP contribution is 2.36. The Labute approximate surface area is 173 Å². The molecule has 0 unspecified atom stereocenters. The van der Waals surface area contributed by atoms with E-state index in [1.165, 1.54) is 12.3 Å². The Kier molecular flexibility index (Phi) is 4.83. The number of alkyl halides is 3. The number of aromatic nitrogens is 3. The summed E-state index contributed by atoms with van der Waals surface area (Å²) < 4.78 is 40.3. The maximum absolute atomic E-state index is 12.9. The number of hydrogen-bond acceptors (Lipinski definition) is 4. The summed E-state index contributed by atoms with van der Waals surface area (Å²) in [4.78, 5) is 20.2. The molecule has 0 radical (unpaired) electrons. The molecule has 0 bridgehead atoms. The fourth-order valence-electron chi connectivity index (χ4n) is 3.06. The minimum Gasteiger partial charge on any atom is -0.366 e. The first-order valence-corrected chi connectivity index (χ1v) is 8.99. The highest BCUT2D eigenvalue weighted by Gasteiger charge is 2.33. The van der Waals surface area contributed by atoms with Gasteiger partial charge in [0.2, 0.25) is 5.95 Å². The lowest BCUT2D eigenvalue weighted by molar-refractivity contribution is -0.137. The molecule has 0 fully saturated rings. The highest BCUT2D eigenvalue weighted by atomic mass is 35.5. The fourth-order valence-corrected chi connectivity index (χ4v) is 3.35. The van der Waals surface area contributed by atoms with Gasteiger partial charge in [0.05, 0.1) is 21.7 Å². The number of nitrogens with zero attached hydrogens (tertiary/aromatic N) is 3. The Morgan fingerprint density at radius 1 is 1.13 bits per heavy atom. The van der Waals surface area contributed by atoms with Crippen LogP contribution in [0, 0.1) is 0 Å². The van der Waals surface area contributed by atoms with Gasteiger partial charge in [-0.3, -0.25) is 4.79 Å². The Balaban J connectivity index is 1.70. The molecule has 0 spiro atoms. The van der Waals surface area contributed by atoms with Crippen LogP contribution >= 0.6 is 11.6 Å². The lowest BCUT2D eigenvalue weighted by atomic mass is 10.2. The quantitative estimate of drug-likeness (QED) is 0.479. The topological polar surface area (TPSA) is 85.8 Å². The van der Waals surface area contributed by atoms with E-state index in [1.807, 2.05) is 12.1 Å². The van der Waals surface area contributed by atoms with Gasteiger partial charge < -0.3 is 15.6 Å². The number of nitrogens with two attached hydrogens (primary N) is 1. The number of benzene rings is 2. The largest absolute Gasteiger partial charge is 0.417 e. The fraction of sp³-hybridized carbons (Fsp3) is 0.0500. The molecule has 10 heteroatoms. The second-order valence-corrected chi connectivity index (χ2v) is 6.76. The number of rotatable bonds is 4. The molecule has 0 aliphatic heterocycles. The van der Waals surface area contributed by atoms with Crippen LogP contribution in [-0.4, -0.2) is 20.4 Å². The van der Waals surface area contributed by atoms with E-state index in [0.29, 0.717) is 28.0 Å². The first-order chi connectivity index (χ1) is 14.2. The third-order valence-corrected chi connectivity index (χ3v) is 4.71. The predicted molar refractivity (Wildman–Crippen MR) is 107 cm³/mol. The molecule has 6 nitrogen and oxygen atoms in total. The number of anilines is 2. The molecule has 0 saturated heterocycles. The highest BCUT2D eigenvalue weighted by molar-refractivity contribution is 6.31. The van der Waals surface area contributed by atoms with Crippen LogP contribution in [0.15, 0.2) is 60.9 Å². The summed E-state index contributed by atoms with van der Waals surface area (Å²) in [7, 11) is 0. The lowest BCUT2D eigenvalue weighted by Gasteiger charge is -2.11. The zero-order valence-electron chi connectivity index (χ0n) is 15.1. The summed E-state index contributed by atoms with van der Waals surface area (Å²) in [6, 6.07) is 12.1. The molecule has 0 aliphatic carbocycles. The second kappa shape index (κ2) is 7.34. The van der Waals surface area contributed by atoms with Crippen molar-refractivity contribution in [1.29, 1.82) is 0 Å². The number of carbonyl (C=O) groups is 1. The first-order valence-electron chi connectivity index (χ1n) is 8.61. The van der Waals surface area contributed by atoms with Gasteiger partial charge in [-0.25, -0.2) is 4.98 Å². The van der Waals surface area contributed by atoms with Crippen LogP contribution in [0.3, 0.4) is 0 Å². The van der Waals surface area contributed by atoms with Crippen molar-refractivity contribution in [2.75, 3.05) is 5.32 Å². The van der Waals surface area contributed by atoms with Crippen LogP contribution in [0.4, 0.5) is 24.8 Å². The average molecular weight is 432 g/mol. The molecule has 3 N–H and O–H groups in total. The normalized spacial score (nSPS) is 11.6. The molecule has 0 saturated carbocycles. The van der Waals surface area contributed by atoms with Crippen molar-refractivity contribution in [3.63, 3.8) is 0 Å². The summed E-state index contributed by atoms with van der Waals surface area (Å²) in [5, 5.41) is 3.07. The van der Waals surface area contributed by atoms with Gasteiger partial charge in [-0.15, -0.1) is 0 Å². The molecular weight excluding hydrogens is 419 g/mol. The lowest BCUT2D eigenvalue weighted by Crippen LogP contribution is -2.10. The predicted octanol–water partition coefficient (Wildman–Crippen LogP) is 4.94. The van der Waals surface area contributed by atoms with Crippen molar-refractivity contribution in [3.8, 4) is 5.82 Å². The molecule has 2 heterocycles. The third kappa shape index (κ3) is 3.67. The summed E-state index contributed by atoms with van der Waals surface area (Å²) in [6.45, 7) is 0. The molecule has 0 atom stereocenters. The number of halogens is 4. The van der Waals surface area contributed by atoms with Gasteiger partial charge in [0.15, 0.2) is 0 Å². The smallest absolute Gasteiger partial charge is 0.366 e. The molecule has 1 amide bonds. The van der Waals surface area contributed by atoms with Crippen LogP contribution in [0.5, 0.6) is 0 Å². The number of amides is 1. The number of carbonyl (C=O) groups excluding carboxylic acids is 1. The van der Waals surface area contributed by atoms with Crippen molar-refractivity contribution in [2.45, 2.75) is 6.18 Å². The van der Waals surface area contributed by atoms with Crippen molar-refractivity contribution in [3.05, 3.63) is 77.1 Å². The number of fused-ring (bicyclic) bond motifs is 1. The van der Waals surface area contributed by atoms with Crippen molar-refractivity contribution in [1.82, 2.24) is 14.5 Å². The van der Waals surface area contributed by atoms with Crippen LogP contribution < -0.4 is 11.1 Å². The van der Waals surface area contributed by atoms with E-state index in [4.69, 9.17) is 17.3 Å². The molecule has 4 rings (SSSR count). The number of primary amides is 1. The maximum Gasteiger partial charge on any atom is 0.417 e. The van der Waals surface area contributed by atoms with E-state index in [0.717, 1.165) is 12.1 Å². The Hall–Kier alpha value is -3.59. The summed E-state index contributed by atoms with van der Waals surface area (Å²) in [5.74, 6) is 0.00712. The summed E-state index contributed by atoms with van der Waals surface area (Å²) in [5.41, 5.74) is 5.89. The van der Waals surface area contributed by atoms with Crippen molar-refractivity contribution in [2.24, 2.45) is 5.73 Å². The van der Waals surface area contributed by atoms with Crippen LogP contribution in [0.2, 0.25) is 5.02 Å². The minimum atomic E-state index is -4.54. The van der Waals surface area contributed by atoms with E-state index in [2.05, 4.69) is 15.3 Å². The van der Waals surface area contributed by atoms with Crippen molar-refractivity contribution >= 4 is 40.0 Å². The first kappa shape index (κ1) is 19.7. The standard InChI is InChI=1S/C20H13ClF3N5O/c21-15-9-11(5-6-14(15)20(22,23)24)27-19-26-8-7-17(28-19)29-10-13(18(25)30)12-3-1-2-4-16(12)29/h1-10H,(H2,25,30)(H,26,27,28). The van der Waals surface area contributed by atoms with Gasteiger partial charge in [-0.2, -0.15) is 18.2 Å². The monoisotopic (exact) mass is 431 g/mol. The Morgan fingerprint density at radius 2 is 1.90 bits per heavy atom. The molecule has 2 aromatic carbocycles. The summed E-state index contributed by atoms with van der Waals surface area (Å²) in [6.07, 6.45) is -1.48. The van der Waals surface area contributed by atoms with Gasteiger partial charge in [0.1, 0.15) is 5.82 Å². The van der Waals surface area contributed by atoms with Gasteiger partial charge in [-0.1, -0.05) is 29.8 Å². The zero-order chi connectivity index (χ0) is 21.5. The molecule has 4 aromatic rings. The SMILES string of the molecule is NC(=O)c1cn(-c2ccnc(Nc3ccc(C(F)(F)F)c(Cl)c3)n2)c2ccccc12. The van der Waals surface area contributed by atoms with E-state index in [1.54, 1.807) is 29.0 Å². The average Bonchev–Trinajstić information content (AvgIpc) is 3.07. The van der Waals surface area contributed by atoms with E-state index >= 15 is 0 Å². The maximum atomic E-state index is 12.9. The van der Waals surface area contributed by atoms with Gasteiger partial charge in [-0.05, 0) is 30.3 Å².